The fourth-order valence-corrected chi connectivity index (χ4v) is 1.64. The average Bonchev–Trinajstić information content (AvgIpc) is 2.59. The van der Waals surface area contributed by atoms with Crippen molar-refractivity contribution in [1.82, 2.24) is 20.3 Å². The molecule has 1 saturated heterocycles. The Morgan fingerprint density at radius 1 is 1.50 bits per heavy atom. The molecule has 0 aromatic carbocycles. The Morgan fingerprint density at radius 2 is 2.50 bits per heavy atom. The first-order chi connectivity index (χ1) is 5.95. The van der Waals surface area contributed by atoms with Crippen molar-refractivity contribution in [2.75, 3.05) is 6.54 Å². The van der Waals surface area contributed by atoms with Gasteiger partial charge in [0, 0.05) is 12.2 Å². The molecule has 0 spiro atoms. The second-order valence-corrected chi connectivity index (χ2v) is 3.27. The van der Waals surface area contributed by atoms with Crippen LogP contribution < -0.4 is 5.32 Å². The maximum absolute atomic E-state index is 3.94. The van der Waals surface area contributed by atoms with Gasteiger partial charge >= 0.3 is 0 Å². The molecule has 0 radical (unpaired) electrons. The summed E-state index contributed by atoms with van der Waals surface area (Å²) in [5, 5.41) is 11.2. The smallest absolute Gasteiger partial charge is 0.0692 e. The van der Waals surface area contributed by atoms with Crippen molar-refractivity contribution in [3.63, 3.8) is 0 Å². The molecular weight excluding hydrogens is 152 g/mol. The van der Waals surface area contributed by atoms with Crippen molar-refractivity contribution in [3.05, 3.63) is 12.4 Å². The number of hydrogen-bond donors (Lipinski definition) is 1. The van der Waals surface area contributed by atoms with Crippen LogP contribution in [0.25, 0.3) is 0 Å². The molecule has 4 heteroatoms. The minimum Gasteiger partial charge on any atom is -0.312 e. The minimum absolute atomic E-state index is 0.598. The number of piperidine rings is 1. The predicted octanol–water partition coefficient (Wildman–Crippen LogP) is 0.420. The summed E-state index contributed by atoms with van der Waals surface area (Å²) in [6, 6.07) is 0.598. The van der Waals surface area contributed by atoms with E-state index in [1.165, 1.54) is 19.3 Å². The predicted molar refractivity (Wildman–Crippen MR) is 45.7 cm³/mol. The van der Waals surface area contributed by atoms with Crippen LogP contribution in [0.1, 0.15) is 19.3 Å². The van der Waals surface area contributed by atoms with Gasteiger partial charge < -0.3 is 5.32 Å². The standard InChI is InChI=1S/C8H14N4/c1-2-4-9-8(3-1)7-12-6-5-10-11-12/h5-6,8-9H,1-4,7H2/t8-/m1/s1. The Labute approximate surface area is 72.0 Å². The lowest BCUT2D eigenvalue weighted by molar-refractivity contribution is 0.348. The van der Waals surface area contributed by atoms with Crippen LogP contribution in [0.5, 0.6) is 0 Å². The van der Waals surface area contributed by atoms with Crippen LogP contribution in [0, 0.1) is 0 Å². The Morgan fingerprint density at radius 3 is 3.17 bits per heavy atom. The van der Waals surface area contributed by atoms with Crippen molar-refractivity contribution >= 4 is 0 Å². The van der Waals surface area contributed by atoms with Gasteiger partial charge in [0.15, 0.2) is 0 Å². The highest BCUT2D eigenvalue weighted by Crippen LogP contribution is 2.07. The van der Waals surface area contributed by atoms with E-state index in [1.54, 1.807) is 6.20 Å². The SMILES string of the molecule is c1cn(C[C@H]2CCCCN2)nn1. The molecule has 0 amide bonds. The van der Waals surface area contributed by atoms with E-state index in [9.17, 15) is 0 Å². The molecule has 1 aliphatic rings. The third-order valence-electron chi connectivity index (χ3n) is 2.29. The highest BCUT2D eigenvalue weighted by Gasteiger charge is 2.12. The van der Waals surface area contributed by atoms with E-state index in [1.807, 2.05) is 10.9 Å². The second kappa shape index (κ2) is 3.67. The van der Waals surface area contributed by atoms with Gasteiger partial charge in [-0.05, 0) is 19.4 Å². The van der Waals surface area contributed by atoms with Gasteiger partial charge in [-0.3, -0.25) is 4.68 Å². The molecular formula is C8H14N4. The molecule has 66 valence electrons. The average molecular weight is 166 g/mol. The van der Waals surface area contributed by atoms with Crippen LogP contribution in [0.2, 0.25) is 0 Å². The number of nitrogens with zero attached hydrogens (tertiary/aromatic N) is 3. The fourth-order valence-electron chi connectivity index (χ4n) is 1.64. The monoisotopic (exact) mass is 166 g/mol. The Balaban J connectivity index is 1.86. The van der Waals surface area contributed by atoms with E-state index in [4.69, 9.17) is 0 Å². The van der Waals surface area contributed by atoms with Gasteiger partial charge in [-0.25, -0.2) is 0 Å². The molecule has 0 saturated carbocycles. The first kappa shape index (κ1) is 7.73. The van der Waals surface area contributed by atoms with Gasteiger partial charge in [0.2, 0.25) is 0 Å². The summed E-state index contributed by atoms with van der Waals surface area (Å²) < 4.78 is 1.89. The van der Waals surface area contributed by atoms with Crippen molar-refractivity contribution in [2.24, 2.45) is 0 Å². The molecule has 0 bridgehead atoms. The van der Waals surface area contributed by atoms with E-state index >= 15 is 0 Å². The third-order valence-corrected chi connectivity index (χ3v) is 2.29. The maximum Gasteiger partial charge on any atom is 0.0692 e. The number of hydrogen-bond acceptors (Lipinski definition) is 3. The van der Waals surface area contributed by atoms with E-state index in [2.05, 4.69) is 15.6 Å². The second-order valence-electron chi connectivity index (χ2n) is 3.27. The van der Waals surface area contributed by atoms with Gasteiger partial charge in [-0.15, -0.1) is 5.10 Å². The zero-order chi connectivity index (χ0) is 8.23. The third kappa shape index (κ3) is 1.82. The Hall–Kier alpha value is -0.900. The van der Waals surface area contributed by atoms with Crippen molar-refractivity contribution in [3.8, 4) is 0 Å². The molecule has 4 nitrogen and oxygen atoms in total. The number of aromatic nitrogens is 3. The van der Waals surface area contributed by atoms with Gasteiger partial charge in [-0.1, -0.05) is 11.6 Å². The molecule has 1 atom stereocenters. The van der Waals surface area contributed by atoms with Crippen LogP contribution >= 0.6 is 0 Å². The number of nitrogens with one attached hydrogen (secondary N) is 1. The lowest BCUT2D eigenvalue weighted by Gasteiger charge is -2.22. The summed E-state index contributed by atoms with van der Waals surface area (Å²) in [4.78, 5) is 0. The molecule has 1 aromatic heterocycles. The quantitative estimate of drug-likeness (QED) is 0.692. The summed E-state index contributed by atoms with van der Waals surface area (Å²) in [6.07, 6.45) is 7.55. The van der Waals surface area contributed by atoms with E-state index in [0.717, 1.165) is 13.1 Å². The zero-order valence-electron chi connectivity index (χ0n) is 7.11. The molecule has 1 fully saturated rings. The van der Waals surface area contributed by atoms with Crippen LogP contribution in [-0.2, 0) is 6.54 Å². The molecule has 2 heterocycles. The van der Waals surface area contributed by atoms with Crippen molar-refractivity contribution in [1.29, 1.82) is 0 Å². The minimum atomic E-state index is 0.598. The highest BCUT2D eigenvalue weighted by atomic mass is 15.4. The molecule has 1 N–H and O–H groups in total. The fraction of sp³-hybridized carbons (Fsp3) is 0.750. The summed E-state index contributed by atoms with van der Waals surface area (Å²) in [7, 11) is 0. The van der Waals surface area contributed by atoms with E-state index < -0.39 is 0 Å². The summed E-state index contributed by atoms with van der Waals surface area (Å²) >= 11 is 0. The summed E-state index contributed by atoms with van der Waals surface area (Å²) in [6.45, 7) is 2.11. The number of rotatable bonds is 2. The van der Waals surface area contributed by atoms with Gasteiger partial charge in [0.1, 0.15) is 0 Å². The lowest BCUT2D eigenvalue weighted by atomic mass is 10.1. The molecule has 12 heavy (non-hydrogen) atoms. The first-order valence-electron chi connectivity index (χ1n) is 4.52. The topological polar surface area (TPSA) is 42.7 Å². The summed E-state index contributed by atoms with van der Waals surface area (Å²) in [5.41, 5.74) is 0. The van der Waals surface area contributed by atoms with Crippen LogP contribution in [0.3, 0.4) is 0 Å². The van der Waals surface area contributed by atoms with E-state index in [-0.39, 0.29) is 0 Å². The molecule has 1 aromatic rings. The van der Waals surface area contributed by atoms with Crippen LogP contribution in [0.15, 0.2) is 12.4 Å². The molecule has 1 aliphatic heterocycles. The van der Waals surface area contributed by atoms with Gasteiger partial charge in [-0.2, -0.15) is 0 Å². The highest BCUT2D eigenvalue weighted by molar-refractivity contribution is 4.74. The van der Waals surface area contributed by atoms with E-state index in [0.29, 0.717) is 6.04 Å². The zero-order valence-corrected chi connectivity index (χ0v) is 7.11. The molecule has 0 aliphatic carbocycles. The van der Waals surface area contributed by atoms with Gasteiger partial charge in [0.05, 0.1) is 12.7 Å². The maximum atomic E-state index is 3.94. The first-order valence-corrected chi connectivity index (χ1v) is 4.52. The molecule has 0 unspecified atom stereocenters. The van der Waals surface area contributed by atoms with Crippen LogP contribution in [0.4, 0.5) is 0 Å². The van der Waals surface area contributed by atoms with Gasteiger partial charge in [0.25, 0.3) is 0 Å². The lowest BCUT2D eigenvalue weighted by Crippen LogP contribution is -2.37. The normalized spacial score (nSPS) is 24.2. The van der Waals surface area contributed by atoms with Crippen molar-refractivity contribution < 1.29 is 0 Å². The Kier molecular flexibility index (Phi) is 2.36. The molecule has 2 rings (SSSR count). The van der Waals surface area contributed by atoms with Crippen LogP contribution in [-0.4, -0.2) is 27.6 Å². The summed E-state index contributed by atoms with van der Waals surface area (Å²) in [5.74, 6) is 0. The Bertz CT molecular complexity index is 213. The largest absolute Gasteiger partial charge is 0.312 e. The van der Waals surface area contributed by atoms with Crippen molar-refractivity contribution in [2.45, 2.75) is 31.8 Å².